The van der Waals surface area contributed by atoms with Crippen LogP contribution >= 0.6 is 0 Å². The molecule has 212 valence electrons. The number of fused-ring (bicyclic) bond motifs is 2. The van der Waals surface area contributed by atoms with Gasteiger partial charge in [-0.15, -0.1) is 0 Å². The monoisotopic (exact) mass is 533 g/mol. The second-order valence-electron chi connectivity index (χ2n) is 12.0. The fraction of sp³-hybridized carbons (Fsp3) is 0.581. The molecule has 0 aliphatic heterocycles. The minimum Gasteiger partial charge on any atom is -0.383 e. The van der Waals surface area contributed by atoms with Crippen molar-refractivity contribution in [2.75, 3.05) is 19.4 Å². The summed E-state index contributed by atoms with van der Waals surface area (Å²) in [7, 11) is 1.82. The van der Waals surface area contributed by atoms with E-state index in [2.05, 4.69) is 89.1 Å². The summed E-state index contributed by atoms with van der Waals surface area (Å²) in [4.78, 5) is 18.9. The highest BCUT2D eigenvalue weighted by atomic mass is 16.5. The summed E-state index contributed by atoms with van der Waals surface area (Å²) in [6, 6.07) is 9.77. The zero-order valence-electron chi connectivity index (χ0n) is 24.9. The number of imidazole rings is 1. The van der Waals surface area contributed by atoms with Gasteiger partial charge in [0.1, 0.15) is 23.6 Å². The predicted molar refractivity (Wildman–Crippen MR) is 161 cm³/mol. The molecule has 1 fully saturated rings. The molecule has 8 heteroatoms. The quantitative estimate of drug-likeness (QED) is 0.270. The van der Waals surface area contributed by atoms with E-state index in [1.54, 1.807) is 0 Å². The first-order valence-electron chi connectivity index (χ1n) is 14.4. The molecule has 0 spiro atoms. The molecule has 1 unspecified atom stereocenters. The first-order chi connectivity index (χ1) is 18.6. The van der Waals surface area contributed by atoms with Crippen molar-refractivity contribution >= 4 is 27.9 Å². The maximum atomic E-state index is 5.91. The van der Waals surface area contributed by atoms with Gasteiger partial charge in [-0.1, -0.05) is 40.2 Å². The lowest BCUT2D eigenvalue weighted by atomic mass is 9.87. The number of aryl methyl sites for hydroxylation is 2. The van der Waals surface area contributed by atoms with Gasteiger partial charge in [0.05, 0.1) is 22.5 Å². The van der Waals surface area contributed by atoms with Gasteiger partial charge < -0.3 is 20.0 Å². The zero-order chi connectivity index (χ0) is 28.2. The van der Waals surface area contributed by atoms with E-state index >= 15 is 0 Å². The molecule has 0 bridgehead atoms. The number of nitrogens with two attached hydrogens (primary N) is 1. The third kappa shape index (κ3) is 6.97. The van der Waals surface area contributed by atoms with Gasteiger partial charge >= 0.3 is 0 Å². The third-order valence-corrected chi connectivity index (χ3v) is 7.97. The van der Waals surface area contributed by atoms with E-state index in [0.717, 1.165) is 59.9 Å². The molecular weight excluding hydrogens is 486 g/mol. The summed E-state index contributed by atoms with van der Waals surface area (Å²) >= 11 is 0. The van der Waals surface area contributed by atoms with Crippen molar-refractivity contribution < 1.29 is 4.74 Å². The van der Waals surface area contributed by atoms with Crippen molar-refractivity contribution in [1.82, 2.24) is 29.4 Å². The molecule has 3 N–H and O–H groups in total. The minimum atomic E-state index is 0.200. The van der Waals surface area contributed by atoms with E-state index in [9.17, 15) is 0 Å². The molecule has 39 heavy (non-hydrogen) atoms. The molecule has 0 saturated heterocycles. The lowest BCUT2D eigenvalue weighted by molar-refractivity contribution is 0.00960. The predicted octanol–water partition coefficient (Wildman–Crippen LogP) is 6.10. The van der Waals surface area contributed by atoms with Crippen molar-refractivity contribution in [3.05, 3.63) is 48.2 Å². The lowest BCUT2D eigenvalue weighted by Gasteiger charge is -2.41. The van der Waals surface area contributed by atoms with E-state index < -0.39 is 0 Å². The topological polar surface area (TPSA) is 97.9 Å². The fourth-order valence-corrected chi connectivity index (χ4v) is 5.20. The summed E-state index contributed by atoms with van der Waals surface area (Å²) in [5.41, 5.74) is 10.6. The number of nitrogen functional groups attached to an aromatic ring is 1. The van der Waals surface area contributed by atoms with Gasteiger partial charge in [0, 0.05) is 44.9 Å². The van der Waals surface area contributed by atoms with Crippen LogP contribution in [0, 0.1) is 0 Å². The zero-order valence-corrected chi connectivity index (χ0v) is 24.9. The average Bonchev–Trinajstić information content (AvgIpc) is 3.48. The van der Waals surface area contributed by atoms with E-state index in [1.165, 1.54) is 31.2 Å². The molecule has 0 radical (unpaired) electrons. The molecule has 1 aliphatic rings. The van der Waals surface area contributed by atoms with Gasteiger partial charge in [-0.05, 0) is 62.3 Å². The average molecular weight is 534 g/mol. The molecule has 4 aromatic rings. The van der Waals surface area contributed by atoms with Gasteiger partial charge in [0.25, 0.3) is 0 Å². The highest BCUT2D eigenvalue weighted by molar-refractivity contribution is 5.85. The Kier molecular flexibility index (Phi) is 9.28. The van der Waals surface area contributed by atoms with Crippen molar-refractivity contribution in [3.8, 4) is 0 Å². The summed E-state index contributed by atoms with van der Waals surface area (Å²) in [5.74, 6) is 1.61. The highest BCUT2D eigenvalue weighted by Crippen LogP contribution is 2.28. The van der Waals surface area contributed by atoms with Crippen LogP contribution in [0.15, 0.2) is 36.8 Å². The molecule has 1 atom stereocenters. The first kappa shape index (κ1) is 29.0. The molecule has 0 amide bonds. The molecule has 8 nitrogen and oxygen atoms in total. The summed E-state index contributed by atoms with van der Waals surface area (Å²) in [5, 5.41) is 0.921. The van der Waals surface area contributed by atoms with Crippen LogP contribution in [0.5, 0.6) is 0 Å². The molecule has 1 aromatic carbocycles. The number of H-pyrrole nitrogens is 1. The number of methoxy groups -OCH3 is 1. The number of hydrogen-bond acceptors (Lipinski definition) is 6. The molecule has 5 rings (SSSR count). The Bertz CT molecular complexity index is 1350. The number of rotatable bonds is 9. The van der Waals surface area contributed by atoms with Crippen LogP contribution in [0.4, 0.5) is 5.82 Å². The van der Waals surface area contributed by atoms with E-state index in [-0.39, 0.29) is 11.5 Å². The standard InChI is InChI=1S/C18H29N5O.C13H18N2/c1-13(2)23(14-5-4-6-14)11-15(24-3)7-9-22-10-8-16-17(19)20-12-21-18(16)22;1-5-12-14-10-7-6-9(13(2,3)4)8-11(10)15-12/h8,10,12-15H,4-7,9,11H2,1-3H3,(H2,19,20,21);6-8H,5H2,1-4H3,(H,14,15). The SMILES string of the molecule is CCc1nc2ccc(C(C)(C)C)cc2[nH]1.COC(CCn1ccc2c(N)ncnc21)CN(C(C)C)C1CCC1. The summed E-state index contributed by atoms with van der Waals surface area (Å²) < 4.78 is 7.91. The Hall–Kier alpha value is -2.97. The Morgan fingerprint density at radius 2 is 1.95 bits per heavy atom. The number of aromatic nitrogens is 5. The van der Waals surface area contributed by atoms with Crippen LogP contribution in [0.2, 0.25) is 0 Å². The van der Waals surface area contributed by atoms with Crippen molar-refractivity contribution in [2.24, 2.45) is 0 Å². The van der Waals surface area contributed by atoms with Crippen LogP contribution in [0.3, 0.4) is 0 Å². The maximum absolute atomic E-state index is 5.91. The minimum absolute atomic E-state index is 0.200. The van der Waals surface area contributed by atoms with Gasteiger partial charge in [-0.2, -0.15) is 0 Å². The second kappa shape index (κ2) is 12.5. The third-order valence-electron chi connectivity index (χ3n) is 7.97. The number of ether oxygens (including phenoxy) is 1. The van der Waals surface area contributed by atoms with Crippen LogP contribution in [0.1, 0.15) is 78.6 Å². The fourth-order valence-electron chi connectivity index (χ4n) is 5.20. The normalized spacial score (nSPS) is 15.1. The van der Waals surface area contributed by atoms with Crippen LogP contribution in [0.25, 0.3) is 22.1 Å². The number of nitrogens with zero attached hydrogens (tertiary/aromatic N) is 5. The second-order valence-corrected chi connectivity index (χ2v) is 12.0. The van der Waals surface area contributed by atoms with Crippen molar-refractivity contribution in [2.45, 2.75) is 104 Å². The molecule has 3 aromatic heterocycles. The van der Waals surface area contributed by atoms with E-state index in [0.29, 0.717) is 11.9 Å². The Labute approximate surface area is 233 Å². The van der Waals surface area contributed by atoms with E-state index in [1.807, 2.05) is 19.4 Å². The van der Waals surface area contributed by atoms with Gasteiger partial charge in [0.15, 0.2) is 0 Å². The van der Waals surface area contributed by atoms with Crippen LogP contribution < -0.4 is 5.73 Å². The molecule has 1 saturated carbocycles. The first-order valence-corrected chi connectivity index (χ1v) is 14.4. The van der Waals surface area contributed by atoms with Crippen LogP contribution in [-0.4, -0.2) is 61.2 Å². The Morgan fingerprint density at radius 3 is 2.56 bits per heavy atom. The van der Waals surface area contributed by atoms with Crippen molar-refractivity contribution in [1.29, 1.82) is 0 Å². The molecule has 3 heterocycles. The number of hydrogen-bond donors (Lipinski definition) is 2. The number of benzene rings is 1. The van der Waals surface area contributed by atoms with Gasteiger partial charge in [0.2, 0.25) is 0 Å². The Balaban J connectivity index is 0.000000202. The Morgan fingerprint density at radius 1 is 1.18 bits per heavy atom. The molecule has 1 aliphatic carbocycles. The largest absolute Gasteiger partial charge is 0.383 e. The van der Waals surface area contributed by atoms with Crippen molar-refractivity contribution in [3.63, 3.8) is 0 Å². The number of nitrogens with one attached hydrogen (secondary N) is 1. The number of anilines is 1. The summed E-state index contributed by atoms with van der Waals surface area (Å²) in [6.07, 6.45) is 9.72. The number of aromatic amines is 1. The maximum Gasteiger partial charge on any atom is 0.145 e. The van der Waals surface area contributed by atoms with E-state index in [4.69, 9.17) is 10.5 Å². The highest BCUT2D eigenvalue weighted by Gasteiger charge is 2.28. The summed E-state index contributed by atoms with van der Waals surface area (Å²) in [6.45, 7) is 15.2. The molecular formula is C31H47N7O. The van der Waals surface area contributed by atoms with Gasteiger partial charge in [-0.25, -0.2) is 15.0 Å². The van der Waals surface area contributed by atoms with Crippen LogP contribution in [-0.2, 0) is 23.1 Å². The van der Waals surface area contributed by atoms with Gasteiger partial charge in [-0.3, -0.25) is 4.90 Å². The lowest BCUT2D eigenvalue weighted by Crippen LogP contribution is -2.48. The smallest absolute Gasteiger partial charge is 0.145 e.